The van der Waals surface area contributed by atoms with Crippen molar-refractivity contribution in [3.8, 4) is 16.9 Å². The minimum absolute atomic E-state index is 0.180. The summed E-state index contributed by atoms with van der Waals surface area (Å²) in [5, 5.41) is 5.91. The van der Waals surface area contributed by atoms with Crippen molar-refractivity contribution in [2.45, 2.75) is 25.4 Å². The van der Waals surface area contributed by atoms with Crippen LogP contribution >= 0.6 is 0 Å². The van der Waals surface area contributed by atoms with Crippen LogP contribution in [0.3, 0.4) is 0 Å². The topological polar surface area (TPSA) is 67.4 Å². The van der Waals surface area contributed by atoms with Gasteiger partial charge in [0.1, 0.15) is 11.8 Å². The smallest absolute Gasteiger partial charge is 0.243 e. The van der Waals surface area contributed by atoms with Crippen LogP contribution in [0, 0.1) is 0 Å². The SMILES string of the molecule is COc1ccc(CC(=O)NC(Cc2ccc(-c3ccccc3)cc2)C(=O)NCc2ccccc2)cc1. The van der Waals surface area contributed by atoms with Crippen molar-refractivity contribution in [2.75, 3.05) is 7.11 Å². The molecule has 4 rings (SSSR count). The van der Waals surface area contributed by atoms with Crippen molar-refractivity contribution < 1.29 is 14.3 Å². The quantitative estimate of drug-likeness (QED) is 0.339. The second-order valence-corrected chi connectivity index (χ2v) is 8.62. The highest BCUT2D eigenvalue weighted by atomic mass is 16.5. The van der Waals surface area contributed by atoms with E-state index < -0.39 is 6.04 Å². The molecule has 4 aromatic rings. The number of hydrogen-bond acceptors (Lipinski definition) is 3. The third kappa shape index (κ3) is 7.06. The number of methoxy groups -OCH3 is 1. The van der Waals surface area contributed by atoms with Gasteiger partial charge in [0.15, 0.2) is 0 Å². The second-order valence-electron chi connectivity index (χ2n) is 8.62. The van der Waals surface area contributed by atoms with E-state index in [9.17, 15) is 9.59 Å². The summed E-state index contributed by atoms with van der Waals surface area (Å²) in [6.07, 6.45) is 0.573. The number of carbonyl (C=O) groups is 2. The molecule has 0 saturated heterocycles. The monoisotopic (exact) mass is 478 g/mol. The van der Waals surface area contributed by atoms with Crippen molar-refractivity contribution in [3.05, 3.63) is 126 Å². The molecule has 1 atom stereocenters. The van der Waals surface area contributed by atoms with Crippen LogP contribution in [0.15, 0.2) is 109 Å². The fraction of sp³-hybridized carbons (Fsp3) is 0.161. The fourth-order valence-electron chi connectivity index (χ4n) is 3.99. The molecule has 2 amide bonds. The van der Waals surface area contributed by atoms with Crippen LogP contribution in [0.1, 0.15) is 16.7 Å². The van der Waals surface area contributed by atoms with Gasteiger partial charge in [-0.25, -0.2) is 0 Å². The summed E-state index contributed by atoms with van der Waals surface area (Å²) in [6, 6.07) is 34.6. The lowest BCUT2D eigenvalue weighted by atomic mass is 10.00. The lowest BCUT2D eigenvalue weighted by Crippen LogP contribution is -2.48. The summed E-state index contributed by atoms with van der Waals surface area (Å²) in [7, 11) is 1.60. The third-order valence-corrected chi connectivity index (χ3v) is 5.99. The number of ether oxygens (including phenoxy) is 1. The summed E-state index contributed by atoms with van der Waals surface area (Å²) in [5.74, 6) is 0.311. The molecule has 4 aromatic carbocycles. The maximum Gasteiger partial charge on any atom is 0.243 e. The molecule has 1 unspecified atom stereocenters. The highest BCUT2D eigenvalue weighted by molar-refractivity contribution is 5.88. The Bertz CT molecular complexity index is 1250. The summed E-state index contributed by atoms with van der Waals surface area (Å²) in [4.78, 5) is 26.0. The Morgan fingerprint density at radius 2 is 1.28 bits per heavy atom. The number of hydrogen-bond donors (Lipinski definition) is 2. The molecule has 0 aliphatic heterocycles. The van der Waals surface area contributed by atoms with E-state index in [1.807, 2.05) is 97.1 Å². The van der Waals surface area contributed by atoms with E-state index in [4.69, 9.17) is 4.74 Å². The van der Waals surface area contributed by atoms with Crippen molar-refractivity contribution in [3.63, 3.8) is 0 Å². The number of nitrogens with one attached hydrogen (secondary N) is 2. The highest BCUT2D eigenvalue weighted by Crippen LogP contribution is 2.20. The van der Waals surface area contributed by atoms with Crippen molar-refractivity contribution in [2.24, 2.45) is 0 Å². The first-order chi connectivity index (χ1) is 17.6. The molecule has 5 heteroatoms. The Balaban J connectivity index is 1.45. The van der Waals surface area contributed by atoms with Gasteiger partial charge in [-0.3, -0.25) is 9.59 Å². The van der Waals surface area contributed by atoms with Gasteiger partial charge in [-0.15, -0.1) is 0 Å². The molecular formula is C31H30N2O3. The summed E-state index contributed by atoms with van der Waals surface area (Å²) in [5.41, 5.74) is 5.06. The van der Waals surface area contributed by atoms with Gasteiger partial charge in [0.05, 0.1) is 13.5 Å². The Morgan fingerprint density at radius 1 is 0.694 bits per heavy atom. The van der Waals surface area contributed by atoms with Crippen molar-refractivity contribution in [1.29, 1.82) is 0 Å². The Kier molecular flexibility index (Phi) is 8.49. The van der Waals surface area contributed by atoms with E-state index in [0.717, 1.165) is 33.6 Å². The highest BCUT2D eigenvalue weighted by Gasteiger charge is 2.21. The molecule has 0 saturated carbocycles. The molecule has 0 fully saturated rings. The van der Waals surface area contributed by atoms with Gasteiger partial charge in [-0.05, 0) is 39.9 Å². The maximum atomic E-state index is 13.1. The largest absolute Gasteiger partial charge is 0.497 e. The molecule has 0 bridgehead atoms. The van der Waals surface area contributed by atoms with E-state index in [2.05, 4.69) is 22.8 Å². The molecular weight excluding hydrogens is 448 g/mol. The Labute approximate surface area is 212 Å². The van der Waals surface area contributed by atoms with Gasteiger partial charge in [-0.2, -0.15) is 0 Å². The van der Waals surface area contributed by atoms with Crippen LogP contribution in [0.25, 0.3) is 11.1 Å². The van der Waals surface area contributed by atoms with E-state index >= 15 is 0 Å². The molecule has 0 spiro atoms. The van der Waals surface area contributed by atoms with E-state index in [0.29, 0.717) is 13.0 Å². The minimum atomic E-state index is -0.693. The van der Waals surface area contributed by atoms with Gasteiger partial charge >= 0.3 is 0 Å². The summed E-state index contributed by atoms with van der Waals surface area (Å²) >= 11 is 0. The summed E-state index contributed by atoms with van der Waals surface area (Å²) < 4.78 is 5.18. The van der Waals surface area contributed by atoms with Crippen molar-refractivity contribution >= 4 is 11.8 Å². The normalized spacial score (nSPS) is 11.4. The van der Waals surface area contributed by atoms with Crippen LogP contribution in [0.5, 0.6) is 5.75 Å². The number of amides is 2. The molecule has 2 N–H and O–H groups in total. The van der Waals surface area contributed by atoms with Gasteiger partial charge < -0.3 is 15.4 Å². The first-order valence-electron chi connectivity index (χ1n) is 12.0. The van der Waals surface area contributed by atoms with Crippen LogP contribution in [0.4, 0.5) is 0 Å². The second kappa shape index (κ2) is 12.4. The molecule has 0 aromatic heterocycles. The zero-order valence-electron chi connectivity index (χ0n) is 20.3. The number of rotatable bonds is 10. The number of benzene rings is 4. The zero-order valence-corrected chi connectivity index (χ0v) is 20.3. The molecule has 182 valence electrons. The van der Waals surface area contributed by atoms with Crippen LogP contribution in [-0.4, -0.2) is 25.0 Å². The fourth-order valence-corrected chi connectivity index (χ4v) is 3.99. The molecule has 0 aliphatic rings. The Morgan fingerprint density at radius 3 is 1.92 bits per heavy atom. The number of carbonyl (C=O) groups excluding carboxylic acids is 2. The molecule has 5 nitrogen and oxygen atoms in total. The predicted octanol–water partition coefficient (Wildman–Crippen LogP) is 4.95. The first kappa shape index (κ1) is 24.7. The maximum absolute atomic E-state index is 13.1. The molecule has 36 heavy (non-hydrogen) atoms. The van der Waals surface area contributed by atoms with E-state index in [1.165, 1.54) is 0 Å². The Hall–Kier alpha value is -4.38. The van der Waals surface area contributed by atoms with Crippen molar-refractivity contribution in [1.82, 2.24) is 10.6 Å². The summed E-state index contributed by atoms with van der Waals surface area (Å²) in [6.45, 7) is 0.400. The standard InChI is InChI=1S/C31H30N2O3/c1-36-28-18-14-24(15-19-28)21-30(34)33-29(31(35)32-22-25-8-4-2-5-9-25)20-23-12-16-27(17-13-23)26-10-6-3-7-11-26/h2-19,29H,20-22H2,1H3,(H,32,35)(H,33,34). The first-order valence-corrected chi connectivity index (χ1v) is 12.0. The van der Waals surface area contributed by atoms with Crippen LogP contribution < -0.4 is 15.4 Å². The van der Waals surface area contributed by atoms with Crippen LogP contribution in [-0.2, 0) is 29.0 Å². The molecule has 0 heterocycles. The van der Waals surface area contributed by atoms with E-state index in [-0.39, 0.29) is 18.2 Å². The third-order valence-electron chi connectivity index (χ3n) is 5.99. The minimum Gasteiger partial charge on any atom is -0.497 e. The van der Waals surface area contributed by atoms with Gasteiger partial charge in [-0.1, -0.05) is 97.1 Å². The zero-order chi connectivity index (χ0) is 25.2. The van der Waals surface area contributed by atoms with Gasteiger partial charge in [0.2, 0.25) is 11.8 Å². The molecule has 0 radical (unpaired) electrons. The van der Waals surface area contributed by atoms with Gasteiger partial charge in [0.25, 0.3) is 0 Å². The van der Waals surface area contributed by atoms with E-state index in [1.54, 1.807) is 7.11 Å². The van der Waals surface area contributed by atoms with Gasteiger partial charge in [0, 0.05) is 13.0 Å². The lowest BCUT2D eigenvalue weighted by molar-refractivity contribution is -0.128. The average Bonchev–Trinajstić information content (AvgIpc) is 2.93. The molecule has 0 aliphatic carbocycles. The van der Waals surface area contributed by atoms with Crippen LogP contribution in [0.2, 0.25) is 0 Å². The lowest BCUT2D eigenvalue weighted by Gasteiger charge is -2.19. The predicted molar refractivity (Wildman–Crippen MR) is 142 cm³/mol. The average molecular weight is 479 g/mol.